The molecule has 2 fully saturated rings. The summed E-state index contributed by atoms with van der Waals surface area (Å²) in [6, 6.07) is 17.0. The highest BCUT2D eigenvalue weighted by Gasteiger charge is 2.30. The van der Waals surface area contributed by atoms with Crippen LogP contribution in [-0.2, 0) is 11.2 Å². The van der Waals surface area contributed by atoms with Crippen molar-refractivity contribution in [3.63, 3.8) is 0 Å². The number of rotatable bonds is 7. The highest BCUT2D eigenvalue weighted by molar-refractivity contribution is 8.00. The molecule has 43 heavy (non-hydrogen) atoms. The lowest BCUT2D eigenvalue weighted by Crippen LogP contribution is -2.28. The quantitative estimate of drug-likeness (QED) is 0.233. The molecule has 0 amide bonds. The largest absolute Gasteiger partial charge is 0.477 e. The molecular formula is C34H38N6O2S. The molecule has 0 radical (unpaired) electrons. The van der Waals surface area contributed by atoms with E-state index in [9.17, 15) is 0 Å². The highest BCUT2D eigenvalue weighted by Crippen LogP contribution is 2.36. The molecule has 1 saturated carbocycles. The SMILES string of the molecule is Cc1cccc(C)c1-c1cc2nc(n1)NSc1cccc(c1)C(Cc1cncc(N3CCCC3)n1)C(COC1CC1)CO2. The van der Waals surface area contributed by atoms with Crippen molar-refractivity contribution < 1.29 is 9.47 Å². The van der Waals surface area contributed by atoms with Crippen molar-refractivity contribution in [1.82, 2.24) is 19.9 Å². The van der Waals surface area contributed by atoms with Crippen molar-refractivity contribution in [1.29, 1.82) is 0 Å². The standard InChI is InChI=1S/C34H38N6O2S/c1-22-7-5-8-23(2)33(22)30-17-32-38-34(37-30)39-43-28-10-6-9-24(15-28)29(25(21-42-32)20-41-27-11-12-27)16-26-18-35-19-31(36-26)40-13-3-4-14-40/h5-10,15,17-19,25,27,29H,3-4,11-14,16,20-21H2,1-2H3,(H,37,38,39). The van der Waals surface area contributed by atoms with Gasteiger partial charge in [-0.15, -0.1) is 0 Å². The van der Waals surface area contributed by atoms with Gasteiger partial charge < -0.3 is 14.4 Å². The maximum absolute atomic E-state index is 6.55. The second-order valence-electron chi connectivity index (χ2n) is 11.9. The summed E-state index contributed by atoms with van der Waals surface area (Å²) in [4.78, 5) is 22.8. The van der Waals surface area contributed by atoms with Gasteiger partial charge in [0.15, 0.2) is 0 Å². The van der Waals surface area contributed by atoms with Crippen LogP contribution in [-0.4, -0.2) is 52.3 Å². The summed E-state index contributed by atoms with van der Waals surface area (Å²) in [6.45, 7) is 7.42. The molecule has 1 saturated heterocycles. The molecule has 2 aromatic carbocycles. The van der Waals surface area contributed by atoms with E-state index in [1.165, 1.54) is 41.5 Å². The van der Waals surface area contributed by atoms with Gasteiger partial charge in [-0.2, -0.15) is 4.98 Å². The van der Waals surface area contributed by atoms with Gasteiger partial charge in [0.2, 0.25) is 11.8 Å². The van der Waals surface area contributed by atoms with Crippen LogP contribution in [0.5, 0.6) is 5.88 Å². The van der Waals surface area contributed by atoms with E-state index in [-0.39, 0.29) is 11.8 Å². The monoisotopic (exact) mass is 594 g/mol. The fourth-order valence-corrected chi connectivity index (χ4v) is 6.79. The van der Waals surface area contributed by atoms with E-state index < -0.39 is 0 Å². The molecule has 2 aliphatic heterocycles. The first-order valence-electron chi connectivity index (χ1n) is 15.4. The summed E-state index contributed by atoms with van der Waals surface area (Å²) in [6.07, 6.45) is 9.61. The summed E-state index contributed by atoms with van der Waals surface area (Å²) < 4.78 is 16.3. The molecule has 4 aromatic rings. The molecule has 3 aliphatic rings. The minimum Gasteiger partial charge on any atom is -0.477 e. The number of ether oxygens (including phenoxy) is 2. The van der Waals surface area contributed by atoms with E-state index >= 15 is 0 Å². The first kappa shape index (κ1) is 28.1. The Hall–Kier alpha value is -3.69. The van der Waals surface area contributed by atoms with Gasteiger partial charge >= 0.3 is 0 Å². The maximum atomic E-state index is 6.55. The lowest BCUT2D eigenvalue weighted by atomic mass is 9.83. The van der Waals surface area contributed by atoms with Crippen molar-refractivity contribution in [3.8, 4) is 17.1 Å². The number of fused-ring (bicyclic) bond motifs is 4. The van der Waals surface area contributed by atoms with Gasteiger partial charge in [-0.25, -0.2) is 9.97 Å². The van der Waals surface area contributed by atoms with Crippen LogP contribution in [0, 0.1) is 19.8 Å². The zero-order chi connectivity index (χ0) is 29.2. The highest BCUT2D eigenvalue weighted by atomic mass is 32.2. The summed E-state index contributed by atoms with van der Waals surface area (Å²) >= 11 is 1.52. The number of benzene rings is 2. The molecule has 2 unspecified atom stereocenters. The molecular weight excluding hydrogens is 556 g/mol. The van der Waals surface area contributed by atoms with Crippen LogP contribution >= 0.6 is 11.9 Å². The molecule has 1 aliphatic carbocycles. The fraction of sp³-hybridized carbons (Fsp3) is 0.412. The van der Waals surface area contributed by atoms with Gasteiger partial charge in [-0.05, 0) is 92.6 Å². The van der Waals surface area contributed by atoms with Crippen LogP contribution in [0.15, 0.2) is 65.8 Å². The number of aromatic nitrogens is 4. The zero-order valence-electron chi connectivity index (χ0n) is 24.8. The number of nitrogens with zero attached hydrogens (tertiary/aromatic N) is 5. The molecule has 4 heterocycles. The van der Waals surface area contributed by atoms with Crippen LogP contribution in [0.1, 0.15) is 54.0 Å². The van der Waals surface area contributed by atoms with Crippen LogP contribution in [0.2, 0.25) is 0 Å². The van der Waals surface area contributed by atoms with E-state index in [2.05, 4.69) is 70.9 Å². The molecule has 7 rings (SSSR count). The van der Waals surface area contributed by atoms with Gasteiger partial charge in [0.1, 0.15) is 5.82 Å². The maximum Gasteiger partial charge on any atom is 0.237 e. The van der Waals surface area contributed by atoms with Crippen molar-refractivity contribution in [2.24, 2.45) is 5.92 Å². The molecule has 0 spiro atoms. The average molecular weight is 595 g/mol. The molecule has 2 atom stereocenters. The van der Waals surface area contributed by atoms with E-state index in [0.717, 1.165) is 60.0 Å². The Bertz CT molecular complexity index is 1570. The second kappa shape index (κ2) is 12.5. The summed E-state index contributed by atoms with van der Waals surface area (Å²) in [5.74, 6) is 2.29. The Kier molecular flexibility index (Phi) is 8.17. The Morgan fingerprint density at radius 2 is 1.79 bits per heavy atom. The number of nitrogens with one attached hydrogen (secondary N) is 1. The third-order valence-electron chi connectivity index (χ3n) is 8.60. The predicted octanol–water partition coefficient (Wildman–Crippen LogP) is 6.78. The lowest BCUT2D eigenvalue weighted by molar-refractivity contribution is 0.0552. The third-order valence-corrected chi connectivity index (χ3v) is 9.38. The molecule has 2 aromatic heterocycles. The number of aryl methyl sites for hydroxylation is 2. The normalized spacial score (nSPS) is 20.1. The Morgan fingerprint density at radius 1 is 0.977 bits per heavy atom. The predicted molar refractivity (Wildman–Crippen MR) is 171 cm³/mol. The summed E-state index contributed by atoms with van der Waals surface area (Å²) in [5, 5.41) is 0. The number of anilines is 2. The van der Waals surface area contributed by atoms with E-state index in [1.807, 2.05) is 18.5 Å². The van der Waals surface area contributed by atoms with Crippen LogP contribution in [0.3, 0.4) is 0 Å². The van der Waals surface area contributed by atoms with Crippen molar-refractivity contribution in [3.05, 3.63) is 83.3 Å². The average Bonchev–Trinajstić information content (AvgIpc) is 3.68. The second-order valence-corrected chi connectivity index (χ2v) is 12.8. The van der Waals surface area contributed by atoms with Crippen molar-refractivity contribution in [2.75, 3.05) is 35.9 Å². The molecule has 222 valence electrons. The third kappa shape index (κ3) is 6.63. The Balaban J connectivity index is 1.24. The fourth-order valence-electron chi connectivity index (χ4n) is 6.15. The number of hydrogen-bond acceptors (Lipinski definition) is 9. The van der Waals surface area contributed by atoms with Crippen LogP contribution in [0.4, 0.5) is 11.8 Å². The Labute approximate surface area is 257 Å². The van der Waals surface area contributed by atoms with Gasteiger partial charge in [-0.1, -0.05) is 30.3 Å². The van der Waals surface area contributed by atoms with Gasteiger partial charge in [0.05, 0.1) is 36.9 Å². The molecule has 9 heteroatoms. The van der Waals surface area contributed by atoms with Gasteiger partial charge in [0, 0.05) is 41.7 Å². The van der Waals surface area contributed by atoms with E-state index in [1.54, 1.807) is 0 Å². The first-order chi connectivity index (χ1) is 21.1. The van der Waals surface area contributed by atoms with Crippen LogP contribution < -0.4 is 14.4 Å². The van der Waals surface area contributed by atoms with Crippen molar-refractivity contribution in [2.45, 2.75) is 62.9 Å². The van der Waals surface area contributed by atoms with Crippen LogP contribution in [0.25, 0.3) is 11.3 Å². The molecule has 4 bridgehead atoms. The Morgan fingerprint density at radius 3 is 2.60 bits per heavy atom. The van der Waals surface area contributed by atoms with Crippen molar-refractivity contribution >= 4 is 23.7 Å². The minimum atomic E-state index is 0.0903. The summed E-state index contributed by atoms with van der Waals surface area (Å²) in [5.41, 5.74) is 6.55. The lowest BCUT2D eigenvalue weighted by Gasteiger charge is -2.28. The molecule has 1 N–H and O–H groups in total. The van der Waals surface area contributed by atoms with Gasteiger partial charge in [0.25, 0.3) is 0 Å². The smallest absolute Gasteiger partial charge is 0.237 e. The van der Waals surface area contributed by atoms with E-state index in [4.69, 9.17) is 24.4 Å². The topological polar surface area (TPSA) is 85.3 Å². The number of hydrogen-bond donors (Lipinski definition) is 1. The first-order valence-corrected chi connectivity index (χ1v) is 16.2. The summed E-state index contributed by atoms with van der Waals surface area (Å²) in [7, 11) is 0. The van der Waals surface area contributed by atoms with E-state index in [0.29, 0.717) is 31.1 Å². The molecule has 8 nitrogen and oxygen atoms in total. The van der Waals surface area contributed by atoms with Gasteiger partial charge in [-0.3, -0.25) is 9.71 Å². The minimum absolute atomic E-state index is 0.0903. The zero-order valence-corrected chi connectivity index (χ0v) is 25.6.